The number of nitrogens with zero attached hydrogens (tertiary/aromatic N) is 2. The highest BCUT2D eigenvalue weighted by molar-refractivity contribution is 5.96. The van der Waals surface area contributed by atoms with Gasteiger partial charge < -0.3 is 4.57 Å². The number of aryl methyl sites for hydroxylation is 1. The van der Waals surface area contributed by atoms with Gasteiger partial charge in [-0.25, -0.2) is 18.6 Å². The molecule has 1 heterocycles. The van der Waals surface area contributed by atoms with Crippen LogP contribution in [0.25, 0.3) is 5.69 Å². The average Bonchev–Trinajstić information content (AvgIpc) is 2.93. The largest absolute Gasteiger partial charge is 0.318 e. The van der Waals surface area contributed by atoms with Crippen LogP contribution >= 0.6 is 0 Å². The Morgan fingerprint density at radius 3 is 2.37 bits per heavy atom. The minimum atomic E-state index is -0.992. The first-order valence-corrected chi connectivity index (χ1v) is 8.10. The lowest BCUT2D eigenvalue weighted by Gasteiger charge is -2.09. The highest BCUT2D eigenvalue weighted by Crippen LogP contribution is 2.21. The van der Waals surface area contributed by atoms with Crippen molar-refractivity contribution in [2.45, 2.75) is 13.8 Å². The molecule has 27 heavy (non-hydrogen) atoms. The highest BCUT2D eigenvalue weighted by atomic mass is 19.2. The van der Waals surface area contributed by atoms with E-state index in [1.807, 2.05) is 11.5 Å². The van der Waals surface area contributed by atoms with Gasteiger partial charge in [0.05, 0.1) is 11.8 Å². The fourth-order valence-corrected chi connectivity index (χ4v) is 2.80. The van der Waals surface area contributed by atoms with E-state index in [0.29, 0.717) is 16.8 Å². The van der Waals surface area contributed by atoms with Gasteiger partial charge in [0, 0.05) is 17.1 Å². The smallest absolute Gasteiger partial charge is 0.273 e. The zero-order valence-corrected chi connectivity index (χ0v) is 14.6. The number of nitrogens with one attached hydrogen (secondary N) is 1. The number of rotatable bonds is 4. The second-order valence-corrected chi connectivity index (χ2v) is 5.97. The van der Waals surface area contributed by atoms with Gasteiger partial charge in [-0.1, -0.05) is 6.07 Å². The van der Waals surface area contributed by atoms with E-state index >= 15 is 0 Å². The van der Waals surface area contributed by atoms with Gasteiger partial charge in [0.15, 0.2) is 11.6 Å². The second-order valence-electron chi connectivity index (χ2n) is 5.97. The summed E-state index contributed by atoms with van der Waals surface area (Å²) >= 11 is 0. The predicted octanol–water partition coefficient (Wildman–Crippen LogP) is 4.28. The van der Waals surface area contributed by atoms with Crippen molar-refractivity contribution in [2.75, 3.05) is 0 Å². The summed E-state index contributed by atoms with van der Waals surface area (Å²) in [6.07, 6.45) is 1.22. The van der Waals surface area contributed by atoms with Gasteiger partial charge in [-0.3, -0.25) is 4.79 Å². The third-order valence-electron chi connectivity index (χ3n) is 4.08. The molecule has 0 fully saturated rings. The number of hydrazone groups is 1. The molecule has 138 valence electrons. The third-order valence-corrected chi connectivity index (χ3v) is 4.08. The quantitative estimate of drug-likeness (QED) is 0.540. The number of aromatic nitrogens is 1. The summed E-state index contributed by atoms with van der Waals surface area (Å²) in [5.74, 6) is -2.74. The van der Waals surface area contributed by atoms with Crippen molar-refractivity contribution in [1.82, 2.24) is 9.99 Å². The molecule has 0 aliphatic carbocycles. The van der Waals surface area contributed by atoms with Crippen molar-refractivity contribution in [3.8, 4) is 5.69 Å². The summed E-state index contributed by atoms with van der Waals surface area (Å²) in [5, 5.41) is 3.78. The molecule has 0 aliphatic rings. The number of carbonyl (C=O) groups is 1. The van der Waals surface area contributed by atoms with Crippen molar-refractivity contribution in [3.63, 3.8) is 0 Å². The second kappa shape index (κ2) is 7.49. The maximum Gasteiger partial charge on any atom is 0.273 e. The molecule has 0 saturated carbocycles. The molecule has 0 unspecified atom stereocenters. The first-order valence-electron chi connectivity index (χ1n) is 8.10. The Hall–Kier alpha value is -3.35. The van der Waals surface area contributed by atoms with Crippen LogP contribution < -0.4 is 5.43 Å². The molecule has 3 aromatic rings. The van der Waals surface area contributed by atoms with Gasteiger partial charge in [-0.2, -0.15) is 5.10 Å². The van der Waals surface area contributed by atoms with E-state index in [2.05, 4.69) is 10.5 Å². The molecule has 1 N–H and O–H groups in total. The fourth-order valence-electron chi connectivity index (χ4n) is 2.80. The summed E-state index contributed by atoms with van der Waals surface area (Å²) in [7, 11) is 0. The van der Waals surface area contributed by atoms with E-state index in [4.69, 9.17) is 0 Å². The lowest BCUT2D eigenvalue weighted by atomic mass is 10.2. The molecule has 2 aromatic carbocycles. The van der Waals surface area contributed by atoms with Crippen LogP contribution in [0, 0.1) is 31.3 Å². The van der Waals surface area contributed by atoms with E-state index < -0.39 is 17.5 Å². The zero-order chi connectivity index (χ0) is 19.6. The Balaban J connectivity index is 1.79. The maximum absolute atomic E-state index is 13.2. The normalized spacial score (nSPS) is 11.1. The monoisotopic (exact) mass is 371 g/mol. The number of hydrogen-bond donors (Lipinski definition) is 1. The van der Waals surface area contributed by atoms with Gasteiger partial charge in [0.2, 0.25) is 0 Å². The topological polar surface area (TPSA) is 46.4 Å². The zero-order valence-electron chi connectivity index (χ0n) is 14.6. The molecule has 4 nitrogen and oxygen atoms in total. The minimum absolute atomic E-state index is 0.311. The number of carbonyl (C=O) groups excluding carboxylic acids is 1. The molecule has 0 atom stereocenters. The van der Waals surface area contributed by atoms with Crippen LogP contribution in [-0.2, 0) is 0 Å². The van der Waals surface area contributed by atoms with Crippen molar-refractivity contribution >= 4 is 12.1 Å². The van der Waals surface area contributed by atoms with Crippen LogP contribution in [0.4, 0.5) is 13.2 Å². The van der Waals surface area contributed by atoms with Crippen molar-refractivity contribution in [3.05, 3.63) is 88.5 Å². The first-order chi connectivity index (χ1) is 12.9. The molecule has 0 radical (unpaired) electrons. The van der Waals surface area contributed by atoms with Crippen molar-refractivity contribution < 1.29 is 18.0 Å². The van der Waals surface area contributed by atoms with Gasteiger partial charge >= 0.3 is 0 Å². The molecular weight excluding hydrogens is 355 g/mol. The molecule has 1 aromatic heterocycles. The molecule has 0 saturated heterocycles. The van der Waals surface area contributed by atoms with Crippen LogP contribution in [0.1, 0.15) is 27.3 Å². The predicted molar refractivity (Wildman–Crippen MR) is 96.6 cm³/mol. The van der Waals surface area contributed by atoms with E-state index in [-0.39, 0.29) is 5.82 Å². The average molecular weight is 371 g/mol. The summed E-state index contributed by atoms with van der Waals surface area (Å²) in [6, 6.07) is 10.9. The third kappa shape index (κ3) is 3.92. The molecule has 0 aliphatic heterocycles. The van der Waals surface area contributed by atoms with Crippen LogP contribution in [-0.4, -0.2) is 16.7 Å². The highest BCUT2D eigenvalue weighted by Gasteiger charge is 2.16. The summed E-state index contributed by atoms with van der Waals surface area (Å²) in [5.41, 5.74) is 5.28. The SMILES string of the molecule is Cc1cc(C(=O)NN=Cc2ccc(F)c(F)c2)c(C)n1-c1ccc(F)cc1. The van der Waals surface area contributed by atoms with E-state index in [1.165, 1.54) is 24.4 Å². The molecule has 3 rings (SSSR count). The Bertz CT molecular complexity index is 1020. The van der Waals surface area contributed by atoms with Crippen LogP contribution in [0.15, 0.2) is 53.6 Å². The maximum atomic E-state index is 13.2. The molecule has 0 bridgehead atoms. The Labute approximate surface area is 153 Å². The molecule has 1 amide bonds. The van der Waals surface area contributed by atoms with Gasteiger partial charge in [-0.15, -0.1) is 0 Å². The minimum Gasteiger partial charge on any atom is -0.318 e. The van der Waals surface area contributed by atoms with E-state index in [0.717, 1.165) is 23.5 Å². The standard InChI is InChI=1S/C20H16F3N3O/c1-12-9-17(13(2)26(12)16-6-4-15(21)5-7-16)20(27)25-24-11-14-3-8-18(22)19(23)10-14/h3-11H,1-2H3,(H,25,27). The van der Waals surface area contributed by atoms with Crippen LogP contribution in [0.3, 0.4) is 0 Å². The molecule has 7 heteroatoms. The molecular formula is C20H16F3N3O. The van der Waals surface area contributed by atoms with Gasteiger partial charge in [0.1, 0.15) is 5.82 Å². The first kappa shape index (κ1) is 18.4. The number of halogens is 3. The van der Waals surface area contributed by atoms with Gasteiger partial charge in [-0.05, 0) is 61.9 Å². The number of benzene rings is 2. The molecule has 0 spiro atoms. The van der Waals surface area contributed by atoms with Crippen molar-refractivity contribution in [1.29, 1.82) is 0 Å². The Kier molecular flexibility index (Phi) is 5.12. The van der Waals surface area contributed by atoms with Crippen molar-refractivity contribution in [2.24, 2.45) is 5.10 Å². The fraction of sp³-hybridized carbons (Fsp3) is 0.100. The van der Waals surface area contributed by atoms with E-state index in [1.54, 1.807) is 25.1 Å². The lowest BCUT2D eigenvalue weighted by Crippen LogP contribution is -2.18. The summed E-state index contributed by atoms with van der Waals surface area (Å²) in [4.78, 5) is 12.4. The number of amides is 1. The number of hydrogen-bond acceptors (Lipinski definition) is 2. The van der Waals surface area contributed by atoms with Crippen LogP contribution in [0.5, 0.6) is 0 Å². The van der Waals surface area contributed by atoms with Crippen LogP contribution in [0.2, 0.25) is 0 Å². The summed E-state index contributed by atoms with van der Waals surface area (Å²) in [6.45, 7) is 3.60. The van der Waals surface area contributed by atoms with Gasteiger partial charge in [0.25, 0.3) is 5.91 Å². The Morgan fingerprint density at radius 2 is 1.70 bits per heavy atom. The lowest BCUT2D eigenvalue weighted by molar-refractivity contribution is 0.0954. The summed E-state index contributed by atoms with van der Waals surface area (Å²) < 4.78 is 41.0. The van der Waals surface area contributed by atoms with E-state index in [9.17, 15) is 18.0 Å². The Morgan fingerprint density at radius 1 is 1.00 bits per heavy atom.